The SMILES string of the molecule is CSCC1=NC(=O)c2c(-c3cccc(C)c3)[nH]c(O)c21. The number of aryl methyl sites for hydroxylation is 1. The highest BCUT2D eigenvalue weighted by molar-refractivity contribution is 7.99. The average molecular weight is 286 g/mol. The van der Waals surface area contributed by atoms with E-state index in [4.69, 9.17) is 0 Å². The topological polar surface area (TPSA) is 65.5 Å². The molecule has 2 heterocycles. The average Bonchev–Trinajstić information content (AvgIpc) is 2.91. The highest BCUT2D eigenvalue weighted by Crippen LogP contribution is 2.37. The maximum absolute atomic E-state index is 12.1. The van der Waals surface area contributed by atoms with E-state index in [1.54, 1.807) is 11.8 Å². The van der Waals surface area contributed by atoms with Crippen molar-refractivity contribution in [2.45, 2.75) is 6.92 Å². The summed E-state index contributed by atoms with van der Waals surface area (Å²) in [7, 11) is 0. The number of aromatic amines is 1. The van der Waals surface area contributed by atoms with Gasteiger partial charge in [0.1, 0.15) is 0 Å². The molecule has 0 spiro atoms. The smallest absolute Gasteiger partial charge is 0.280 e. The zero-order valence-electron chi connectivity index (χ0n) is 11.2. The summed E-state index contributed by atoms with van der Waals surface area (Å²) in [6, 6.07) is 7.81. The van der Waals surface area contributed by atoms with Gasteiger partial charge in [0.05, 0.1) is 22.5 Å². The van der Waals surface area contributed by atoms with E-state index in [0.29, 0.717) is 28.3 Å². The van der Waals surface area contributed by atoms with Crippen LogP contribution in [0.1, 0.15) is 21.5 Å². The molecule has 1 aliphatic rings. The van der Waals surface area contributed by atoms with Gasteiger partial charge in [-0.15, -0.1) is 0 Å². The molecule has 1 aromatic heterocycles. The number of aliphatic imine (C=N–C) groups is 1. The summed E-state index contributed by atoms with van der Waals surface area (Å²) in [5.74, 6) is 0.351. The third kappa shape index (κ3) is 1.94. The van der Waals surface area contributed by atoms with Crippen molar-refractivity contribution < 1.29 is 9.90 Å². The van der Waals surface area contributed by atoms with Gasteiger partial charge >= 0.3 is 0 Å². The van der Waals surface area contributed by atoms with Crippen LogP contribution in [0.3, 0.4) is 0 Å². The molecule has 1 aromatic carbocycles. The number of fused-ring (bicyclic) bond motifs is 1. The monoisotopic (exact) mass is 286 g/mol. The van der Waals surface area contributed by atoms with Crippen LogP contribution in [-0.4, -0.2) is 33.7 Å². The van der Waals surface area contributed by atoms with E-state index in [2.05, 4.69) is 9.98 Å². The molecule has 0 atom stereocenters. The number of amides is 1. The number of nitrogens with one attached hydrogen (secondary N) is 1. The number of carbonyl (C=O) groups is 1. The molecule has 5 heteroatoms. The Balaban J connectivity index is 2.17. The molecule has 0 unspecified atom stereocenters. The van der Waals surface area contributed by atoms with Crippen LogP contribution in [0, 0.1) is 6.92 Å². The number of aromatic nitrogens is 1. The first kappa shape index (κ1) is 13.0. The van der Waals surface area contributed by atoms with Gasteiger partial charge in [-0.2, -0.15) is 11.8 Å². The van der Waals surface area contributed by atoms with Gasteiger partial charge in [-0.25, -0.2) is 4.99 Å². The van der Waals surface area contributed by atoms with Crippen LogP contribution >= 0.6 is 11.8 Å². The third-order valence-corrected chi connectivity index (χ3v) is 3.87. The Bertz CT molecular complexity index is 731. The summed E-state index contributed by atoms with van der Waals surface area (Å²) < 4.78 is 0. The third-order valence-electron chi connectivity index (χ3n) is 3.31. The van der Waals surface area contributed by atoms with Crippen molar-refractivity contribution in [3.63, 3.8) is 0 Å². The fraction of sp³-hybridized carbons (Fsp3) is 0.200. The van der Waals surface area contributed by atoms with E-state index in [1.807, 2.05) is 37.4 Å². The Kier molecular flexibility index (Phi) is 3.14. The number of aromatic hydroxyl groups is 1. The molecule has 0 fully saturated rings. The number of rotatable bonds is 3. The second-order valence-corrected chi connectivity index (χ2v) is 5.63. The summed E-state index contributed by atoms with van der Waals surface area (Å²) in [5.41, 5.74) is 4.31. The van der Waals surface area contributed by atoms with Gasteiger partial charge in [0.25, 0.3) is 5.91 Å². The summed E-state index contributed by atoms with van der Waals surface area (Å²) in [6.07, 6.45) is 1.94. The van der Waals surface area contributed by atoms with Crippen LogP contribution in [0.15, 0.2) is 29.3 Å². The Morgan fingerprint density at radius 2 is 2.15 bits per heavy atom. The Labute approximate surface area is 120 Å². The predicted octanol–water partition coefficient (Wildman–Crippen LogP) is 3.00. The maximum Gasteiger partial charge on any atom is 0.280 e. The number of benzene rings is 1. The van der Waals surface area contributed by atoms with Gasteiger partial charge in [0.15, 0.2) is 5.88 Å². The molecule has 20 heavy (non-hydrogen) atoms. The molecule has 1 amide bonds. The lowest BCUT2D eigenvalue weighted by Gasteiger charge is -2.01. The number of hydrogen-bond acceptors (Lipinski definition) is 3. The van der Waals surface area contributed by atoms with E-state index in [9.17, 15) is 9.90 Å². The first-order valence-corrected chi connectivity index (χ1v) is 7.64. The van der Waals surface area contributed by atoms with Crippen molar-refractivity contribution in [1.29, 1.82) is 0 Å². The minimum Gasteiger partial charge on any atom is -0.494 e. The van der Waals surface area contributed by atoms with E-state index in [-0.39, 0.29) is 11.8 Å². The van der Waals surface area contributed by atoms with Crippen molar-refractivity contribution in [2.24, 2.45) is 4.99 Å². The fourth-order valence-electron chi connectivity index (χ4n) is 2.47. The molecule has 4 nitrogen and oxygen atoms in total. The molecule has 0 saturated heterocycles. The molecule has 0 aliphatic carbocycles. The van der Waals surface area contributed by atoms with Crippen molar-refractivity contribution in [3.8, 4) is 17.1 Å². The molecule has 3 rings (SSSR count). The minimum absolute atomic E-state index is 0.0233. The Morgan fingerprint density at radius 3 is 2.85 bits per heavy atom. The van der Waals surface area contributed by atoms with Crippen molar-refractivity contribution in [3.05, 3.63) is 41.0 Å². The van der Waals surface area contributed by atoms with Crippen LogP contribution in [0.2, 0.25) is 0 Å². The highest BCUT2D eigenvalue weighted by atomic mass is 32.2. The van der Waals surface area contributed by atoms with Crippen molar-refractivity contribution in [1.82, 2.24) is 4.98 Å². The van der Waals surface area contributed by atoms with E-state index in [1.165, 1.54) is 0 Å². The predicted molar refractivity (Wildman–Crippen MR) is 81.9 cm³/mol. The second kappa shape index (κ2) is 4.83. The number of H-pyrrole nitrogens is 1. The van der Waals surface area contributed by atoms with Crippen LogP contribution < -0.4 is 0 Å². The summed E-state index contributed by atoms with van der Waals surface area (Å²) in [6.45, 7) is 1.99. The first-order chi connectivity index (χ1) is 9.61. The van der Waals surface area contributed by atoms with Crippen LogP contribution in [-0.2, 0) is 0 Å². The van der Waals surface area contributed by atoms with Crippen molar-refractivity contribution in [2.75, 3.05) is 12.0 Å². The minimum atomic E-state index is -0.280. The summed E-state index contributed by atoms with van der Waals surface area (Å²) in [4.78, 5) is 19.1. The van der Waals surface area contributed by atoms with Crippen molar-refractivity contribution >= 4 is 23.4 Å². The molecule has 2 aromatic rings. The van der Waals surface area contributed by atoms with Gasteiger partial charge in [-0.3, -0.25) is 4.79 Å². The zero-order valence-corrected chi connectivity index (χ0v) is 12.0. The molecule has 1 aliphatic heterocycles. The van der Waals surface area contributed by atoms with Crippen LogP contribution in [0.5, 0.6) is 5.88 Å². The van der Waals surface area contributed by atoms with Crippen LogP contribution in [0.4, 0.5) is 0 Å². The molecule has 0 bridgehead atoms. The lowest BCUT2D eigenvalue weighted by molar-refractivity contribution is 0.101. The highest BCUT2D eigenvalue weighted by Gasteiger charge is 2.32. The van der Waals surface area contributed by atoms with Gasteiger partial charge in [-0.05, 0) is 24.8 Å². The lowest BCUT2D eigenvalue weighted by atomic mass is 10.0. The zero-order chi connectivity index (χ0) is 14.3. The number of thioether (sulfide) groups is 1. The number of nitrogens with zero attached hydrogens (tertiary/aromatic N) is 1. The largest absolute Gasteiger partial charge is 0.494 e. The van der Waals surface area contributed by atoms with Crippen LogP contribution in [0.25, 0.3) is 11.3 Å². The molecule has 102 valence electrons. The number of carbonyl (C=O) groups excluding carboxylic acids is 1. The summed E-state index contributed by atoms with van der Waals surface area (Å²) in [5, 5.41) is 10.1. The lowest BCUT2D eigenvalue weighted by Crippen LogP contribution is -1.99. The molecular formula is C15H14N2O2S. The molecule has 0 saturated carbocycles. The Hall–Kier alpha value is -2.01. The van der Waals surface area contributed by atoms with E-state index in [0.717, 1.165) is 11.1 Å². The Morgan fingerprint density at radius 1 is 1.35 bits per heavy atom. The van der Waals surface area contributed by atoms with Gasteiger partial charge in [0.2, 0.25) is 0 Å². The molecule has 0 radical (unpaired) electrons. The van der Waals surface area contributed by atoms with E-state index >= 15 is 0 Å². The van der Waals surface area contributed by atoms with Gasteiger partial charge < -0.3 is 10.1 Å². The molecular weight excluding hydrogens is 272 g/mol. The second-order valence-electron chi connectivity index (χ2n) is 4.76. The normalized spacial score (nSPS) is 13.5. The summed E-state index contributed by atoms with van der Waals surface area (Å²) >= 11 is 1.57. The maximum atomic E-state index is 12.1. The standard InChI is InChI=1S/C15H14N2O2S/c1-8-4-3-5-9(6-8)13-12-11(14(18)17-13)10(7-20-2)16-15(12)19/h3-6,17-18H,7H2,1-2H3. The fourth-order valence-corrected chi connectivity index (χ4v) is 2.96. The van der Waals surface area contributed by atoms with Gasteiger partial charge in [0, 0.05) is 5.75 Å². The first-order valence-electron chi connectivity index (χ1n) is 6.25. The quantitative estimate of drug-likeness (QED) is 0.911. The van der Waals surface area contributed by atoms with E-state index < -0.39 is 0 Å². The molecule has 2 N–H and O–H groups in total. The number of hydrogen-bond donors (Lipinski definition) is 2. The van der Waals surface area contributed by atoms with Gasteiger partial charge in [-0.1, -0.05) is 23.8 Å².